The smallest absolute Gasteiger partial charge is 0.112 e. The lowest BCUT2D eigenvalue weighted by molar-refractivity contribution is 0.156. The van der Waals surface area contributed by atoms with Crippen molar-refractivity contribution in [2.75, 3.05) is 24.6 Å². The van der Waals surface area contributed by atoms with Gasteiger partial charge in [-0.1, -0.05) is 6.92 Å². The maximum atomic E-state index is 13.2. The Morgan fingerprint density at radius 1 is 1.54 bits per heavy atom. The minimum atomic E-state index is -0.634. The fraction of sp³-hybridized carbons (Fsp3) is 1.00. The second kappa shape index (κ2) is 5.86. The summed E-state index contributed by atoms with van der Waals surface area (Å²) >= 11 is 1.99. The van der Waals surface area contributed by atoms with Gasteiger partial charge in [-0.05, 0) is 25.5 Å². The molecular weight excluding hydrogens is 185 g/mol. The predicted octanol–water partition coefficient (Wildman–Crippen LogP) is 2.56. The van der Waals surface area contributed by atoms with E-state index in [-0.39, 0.29) is 0 Å². The Balaban J connectivity index is 2.35. The first-order valence-corrected chi connectivity index (χ1v) is 6.35. The molecule has 0 saturated carbocycles. The number of alkyl halides is 1. The van der Waals surface area contributed by atoms with E-state index < -0.39 is 6.17 Å². The van der Waals surface area contributed by atoms with E-state index in [2.05, 4.69) is 11.8 Å². The molecule has 1 saturated heterocycles. The highest BCUT2D eigenvalue weighted by molar-refractivity contribution is 7.99. The van der Waals surface area contributed by atoms with Gasteiger partial charge in [0.05, 0.1) is 0 Å². The molecule has 0 N–H and O–H groups in total. The first-order chi connectivity index (χ1) is 6.24. The number of hydrogen-bond donors (Lipinski definition) is 0. The molecule has 13 heavy (non-hydrogen) atoms. The molecule has 0 aliphatic carbocycles. The van der Waals surface area contributed by atoms with Crippen LogP contribution < -0.4 is 0 Å². The minimum absolute atomic E-state index is 0.569. The van der Waals surface area contributed by atoms with Gasteiger partial charge in [-0.15, -0.1) is 0 Å². The molecule has 0 bridgehead atoms. The van der Waals surface area contributed by atoms with Crippen molar-refractivity contribution in [3.05, 3.63) is 0 Å². The van der Waals surface area contributed by atoms with Crippen LogP contribution in [0.3, 0.4) is 0 Å². The van der Waals surface area contributed by atoms with E-state index in [0.717, 1.165) is 6.54 Å². The van der Waals surface area contributed by atoms with E-state index in [1.54, 1.807) is 0 Å². The molecule has 2 unspecified atom stereocenters. The van der Waals surface area contributed by atoms with E-state index in [1.807, 2.05) is 18.7 Å². The molecule has 1 nitrogen and oxygen atoms in total. The maximum absolute atomic E-state index is 13.2. The molecule has 78 valence electrons. The third-order valence-electron chi connectivity index (χ3n) is 2.70. The quantitative estimate of drug-likeness (QED) is 0.696. The largest absolute Gasteiger partial charge is 0.297 e. The minimum Gasteiger partial charge on any atom is -0.297 e. The van der Waals surface area contributed by atoms with Crippen LogP contribution >= 0.6 is 11.8 Å². The first-order valence-electron chi connectivity index (χ1n) is 5.20. The number of rotatable bonds is 3. The fourth-order valence-corrected chi connectivity index (χ4v) is 2.67. The van der Waals surface area contributed by atoms with Crippen LogP contribution in [0.25, 0.3) is 0 Å². The summed E-state index contributed by atoms with van der Waals surface area (Å²) in [5, 5.41) is 0. The summed E-state index contributed by atoms with van der Waals surface area (Å²) in [7, 11) is 0. The number of hydrogen-bond acceptors (Lipinski definition) is 2. The van der Waals surface area contributed by atoms with Crippen LogP contribution in [0.4, 0.5) is 4.39 Å². The van der Waals surface area contributed by atoms with Gasteiger partial charge < -0.3 is 0 Å². The summed E-state index contributed by atoms with van der Waals surface area (Å²) in [6.45, 7) is 5.83. The highest BCUT2D eigenvalue weighted by Gasteiger charge is 2.19. The molecular formula is C10H20FNS. The Morgan fingerprint density at radius 2 is 2.31 bits per heavy atom. The van der Waals surface area contributed by atoms with Crippen molar-refractivity contribution in [1.29, 1.82) is 0 Å². The SMILES string of the molecule is CCC(F)CN1CCSCCC1C. The Hall–Kier alpha value is 0.240. The molecule has 0 aromatic rings. The summed E-state index contributed by atoms with van der Waals surface area (Å²) in [4.78, 5) is 2.30. The molecule has 1 aliphatic heterocycles. The maximum Gasteiger partial charge on any atom is 0.112 e. The summed E-state index contributed by atoms with van der Waals surface area (Å²) in [6.07, 6.45) is 1.22. The third kappa shape index (κ3) is 3.86. The number of thioether (sulfide) groups is 1. The molecule has 3 heteroatoms. The Bertz CT molecular complexity index is 143. The van der Waals surface area contributed by atoms with Crippen molar-refractivity contribution < 1.29 is 4.39 Å². The molecule has 0 aromatic heterocycles. The summed E-state index contributed by atoms with van der Waals surface area (Å²) in [6, 6.07) is 0.569. The van der Waals surface area contributed by atoms with Gasteiger partial charge in [-0.25, -0.2) is 4.39 Å². The Labute approximate surface area is 85.1 Å². The van der Waals surface area contributed by atoms with Gasteiger partial charge in [0.15, 0.2) is 0 Å². The predicted molar refractivity (Wildman–Crippen MR) is 58.2 cm³/mol. The van der Waals surface area contributed by atoms with Gasteiger partial charge in [-0.2, -0.15) is 11.8 Å². The zero-order valence-electron chi connectivity index (χ0n) is 8.63. The number of nitrogens with zero attached hydrogens (tertiary/aromatic N) is 1. The van der Waals surface area contributed by atoms with Crippen LogP contribution in [0.2, 0.25) is 0 Å². The normalized spacial score (nSPS) is 28.4. The Kier molecular flexibility index (Phi) is 5.10. The van der Waals surface area contributed by atoms with E-state index in [9.17, 15) is 4.39 Å². The van der Waals surface area contributed by atoms with Crippen LogP contribution in [-0.4, -0.2) is 41.7 Å². The van der Waals surface area contributed by atoms with E-state index >= 15 is 0 Å². The van der Waals surface area contributed by atoms with Crippen LogP contribution in [0.5, 0.6) is 0 Å². The zero-order chi connectivity index (χ0) is 9.68. The lowest BCUT2D eigenvalue weighted by Crippen LogP contribution is -2.38. The molecule has 1 heterocycles. The second-order valence-corrected chi connectivity index (χ2v) is 4.98. The van der Waals surface area contributed by atoms with Crippen molar-refractivity contribution in [1.82, 2.24) is 4.90 Å². The molecule has 0 radical (unpaired) electrons. The van der Waals surface area contributed by atoms with Crippen molar-refractivity contribution in [2.24, 2.45) is 0 Å². The topological polar surface area (TPSA) is 3.24 Å². The van der Waals surface area contributed by atoms with E-state index in [1.165, 1.54) is 17.9 Å². The monoisotopic (exact) mass is 205 g/mol. The highest BCUT2D eigenvalue weighted by Crippen LogP contribution is 2.17. The Morgan fingerprint density at radius 3 is 3.00 bits per heavy atom. The molecule has 0 aromatic carbocycles. The lowest BCUT2D eigenvalue weighted by atomic mass is 10.2. The molecule has 1 rings (SSSR count). The van der Waals surface area contributed by atoms with Gasteiger partial charge >= 0.3 is 0 Å². The van der Waals surface area contributed by atoms with Crippen LogP contribution in [-0.2, 0) is 0 Å². The van der Waals surface area contributed by atoms with Crippen molar-refractivity contribution in [2.45, 2.75) is 38.9 Å². The zero-order valence-corrected chi connectivity index (χ0v) is 9.45. The van der Waals surface area contributed by atoms with Gasteiger partial charge in [0, 0.05) is 24.9 Å². The van der Waals surface area contributed by atoms with Crippen LogP contribution in [0.1, 0.15) is 26.7 Å². The molecule has 2 atom stereocenters. The lowest BCUT2D eigenvalue weighted by Gasteiger charge is -2.27. The van der Waals surface area contributed by atoms with Gasteiger partial charge in [0.2, 0.25) is 0 Å². The average Bonchev–Trinajstić information content (AvgIpc) is 2.32. The summed E-state index contributed by atoms with van der Waals surface area (Å²) < 4.78 is 13.2. The van der Waals surface area contributed by atoms with Gasteiger partial charge in [0.1, 0.15) is 6.17 Å². The third-order valence-corrected chi connectivity index (χ3v) is 3.70. The summed E-state index contributed by atoms with van der Waals surface area (Å²) in [5.74, 6) is 2.40. The highest BCUT2D eigenvalue weighted by atomic mass is 32.2. The first kappa shape index (κ1) is 11.3. The van der Waals surface area contributed by atoms with Crippen LogP contribution in [0.15, 0.2) is 0 Å². The average molecular weight is 205 g/mol. The van der Waals surface area contributed by atoms with Crippen molar-refractivity contribution >= 4 is 11.8 Å². The van der Waals surface area contributed by atoms with Crippen LogP contribution in [0, 0.1) is 0 Å². The molecule has 0 spiro atoms. The fourth-order valence-electron chi connectivity index (χ4n) is 1.60. The van der Waals surface area contributed by atoms with Gasteiger partial charge in [0.25, 0.3) is 0 Å². The van der Waals surface area contributed by atoms with E-state index in [4.69, 9.17) is 0 Å². The molecule has 0 amide bonds. The summed E-state index contributed by atoms with van der Waals surface area (Å²) in [5.41, 5.74) is 0. The van der Waals surface area contributed by atoms with Crippen molar-refractivity contribution in [3.63, 3.8) is 0 Å². The standard InChI is InChI=1S/C10H20FNS/c1-3-10(11)8-12-5-7-13-6-4-9(12)2/h9-10H,3-8H2,1-2H3. The van der Waals surface area contributed by atoms with Gasteiger partial charge in [-0.3, -0.25) is 4.90 Å². The molecule has 1 fully saturated rings. The second-order valence-electron chi connectivity index (χ2n) is 3.75. The molecule has 1 aliphatic rings. The van der Waals surface area contributed by atoms with Crippen molar-refractivity contribution in [3.8, 4) is 0 Å². The number of halogens is 1. The van der Waals surface area contributed by atoms with E-state index in [0.29, 0.717) is 19.0 Å².